The van der Waals surface area contributed by atoms with Crippen LogP contribution in [0.5, 0.6) is 0 Å². The predicted octanol–water partition coefficient (Wildman–Crippen LogP) is 4.98. The Bertz CT molecular complexity index is 1300. The Morgan fingerprint density at radius 1 is 1.22 bits per heavy atom. The van der Waals surface area contributed by atoms with Crippen LogP contribution < -0.4 is 10.2 Å². The van der Waals surface area contributed by atoms with Crippen LogP contribution in [0, 0.1) is 11.3 Å². The molecule has 1 aliphatic heterocycles. The summed E-state index contributed by atoms with van der Waals surface area (Å²) in [6.45, 7) is 5.49. The largest absolute Gasteiger partial charge is 0.361 e. The fraction of sp³-hybridized carbons (Fsp3) is 0.448. The molecule has 0 saturated heterocycles. The van der Waals surface area contributed by atoms with Gasteiger partial charge in [0, 0.05) is 52.2 Å². The van der Waals surface area contributed by atoms with Crippen LogP contribution in [0.1, 0.15) is 43.7 Å². The molecule has 0 radical (unpaired) electrons. The van der Waals surface area contributed by atoms with Crippen molar-refractivity contribution in [3.8, 4) is 0 Å². The minimum atomic E-state index is -0.684. The van der Waals surface area contributed by atoms with E-state index in [1.54, 1.807) is 0 Å². The molecule has 6 nitrogen and oxygen atoms in total. The van der Waals surface area contributed by atoms with Gasteiger partial charge in [-0.15, -0.1) is 0 Å². The van der Waals surface area contributed by atoms with Crippen molar-refractivity contribution in [2.45, 2.75) is 45.1 Å². The van der Waals surface area contributed by atoms with Crippen LogP contribution in [0.25, 0.3) is 10.9 Å². The van der Waals surface area contributed by atoms with Crippen molar-refractivity contribution in [3.05, 3.63) is 64.8 Å². The average molecular weight is 507 g/mol. The average Bonchev–Trinajstić information content (AvgIpc) is 3.45. The number of H-pyrrole nitrogens is 1. The Balaban J connectivity index is 1.53. The molecule has 0 bridgehead atoms. The summed E-state index contributed by atoms with van der Waals surface area (Å²) in [5.74, 6) is -0.0522. The van der Waals surface area contributed by atoms with E-state index >= 15 is 0 Å². The molecule has 5 rings (SSSR count). The molecule has 1 aliphatic carbocycles. The van der Waals surface area contributed by atoms with Gasteiger partial charge in [0.1, 0.15) is 6.04 Å². The lowest BCUT2D eigenvalue weighted by Crippen LogP contribution is -2.55. The third-order valence-electron chi connectivity index (χ3n) is 7.88. The van der Waals surface area contributed by atoms with Gasteiger partial charge in [0.15, 0.2) is 0 Å². The number of hydrogen-bond donors (Lipinski definition) is 2. The number of fused-ring (bicyclic) bond motifs is 2. The highest BCUT2D eigenvalue weighted by molar-refractivity contribution is 6.30. The number of halogens is 1. The fourth-order valence-corrected chi connectivity index (χ4v) is 5.70. The van der Waals surface area contributed by atoms with Gasteiger partial charge in [-0.1, -0.05) is 43.6 Å². The molecule has 190 valence electrons. The number of carbonyl (C=O) groups is 2. The molecule has 1 aromatic heterocycles. The van der Waals surface area contributed by atoms with Crippen LogP contribution in [-0.4, -0.2) is 54.9 Å². The van der Waals surface area contributed by atoms with Crippen molar-refractivity contribution in [2.24, 2.45) is 11.3 Å². The van der Waals surface area contributed by atoms with E-state index in [2.05, 4.69) is 35.4 Å². The molecule has 3 aromatic rings. The minimum Gasteiger partial charge on any atom is -0.361 e. The molecular formula is C29H35ClN4O2. The standard InChI is InChI=1S/C29H35ClN4O2/c1-18(23-15-31-24-8-6-5-7-22(23)24)26(32-28(36)29(2)11-12-29)27(35)34-17-19(16-33(3)4)13-20-14-21(30)9-10-25(20)34/h5-10,14-15,18-19,26,31H,11-13,16-17H2,1-4H3,(H,32,36)/t18?,19-,26?/m1/s1. The van der Waals surface area contributed by atoms with Crippen LogP contribution in [-0.2, 0) is 16.0 Å². The lowest BCUT2D eigenvalue weighted by Gasteiger charge is -2.39. The van der Waals surface area contributed by atoms with Gasteiger partial charge in [0.05, 0.1) is 0 Å². The quantitative estimate of drug-likeness (QED) is 0.475. The molecule has 36 heavy (non-hydrogen) atoms. The summed E-state index contributed by atoms with van der Waals surface area (Å²) in [5.41, 5.74) is 3.65. The lowest BCUT2D eigenvalue weighted by molar-refractivity contribution is -0.131. The zero-order valence-electron chi connectivity index (χ0n) is 21.5. The maximum absolute atomic E-state index is 14.4. The van der Waals surface area contributed by atoms with Gasteiger partial charge in [-0.25, -0.2) is 0 Å². The second-order valence-electron chi connectivity index (χ2n) is 11.1. The molecule has 1 saturated carbocycles. The molecule has 1 fully saturated rings. The van der Waals surface area contributed by atoms with Crippen LogP contribution in [0.2, 0.25) is 5.02 Å². The van der Waals surface area contributed by atoms with Crippen LogP contribution >= 0.6 is 11.6 Å². The normalized spacial score (nSPS) is 20.2. The van der Waals surface area contributed by atoms with Gasteiger partial charge in [0.25, 0.3) is 0 Å². The molecule has 2 aromatic carbocycles. The van der Waals surface area contributed by atoms with E-state index in [0.29, 0.717) is 11.6 Å². The molecule has 3 atom stereocenters. The van der Waals surface area contributed by atoms with Gasteiger partial charge in [-0.2, -0.15) is 0 Å². The highest BCUT2D eigenvalue weighted by atomic mass is 35.5. The zero-order chi connectivity index (χ0) is 25.6. The maximum atomic E-state index is 14.4. The van der Waals surface area contributed by atoms with E-state index < -0.39 is 6.04 Å². The van der Waals surface area contributed by atoms with Crippen molar-refractivity contribution in [2.75, 3.05) is 32.1 Å². The first kappa shape index (κ1) is 24.8. The first-order valence-corrected chi connectivity index (χ1v) is 13.2. The SMILES string of the molecule is CC(c1c[nH]c2ccccc12)C(NC(=O)C1(C)CC1)C(=O)N1C[C@@H](CN(C)C)Cc2cc(Cl)ccc21. The summed E-state index contributed by atoms with van der Waals surface area (Å²) in [6, 6.07) is 13.2. The van der Waals surface area contributed by atoms with Crippen LogP contribution in [0.15, 0.2) is 48.7 Å². The van der Waals surface area contributed by atoms with Crippen molar-refractivity contribution in [3.63, 3.8) is 0 Å². The number of nitrogens with one attached hydrogen (secondary N) is 2. The Morgan fingerprint density at radius 3 is 2.69 bits per heavy atom. The highest BCUT2D eigenvalue weighted by Crippen LogP contribution is 2.45. The Labute approximate surface area is 218 Å². The van der Waals surface area contributed by atoms with Crippen molar-refractivity contribution in [1.29, 1.82) is 0 Å². The van der Waals surface area contributed by atoms with E-state index in [9.17, 15) is 9.59 Å². The van der Waals surface area contributed by atoms with Gasteiger partial charge in [-0.05, 0) is 74.7 Å². The van der Waals surface area contributed by atoms with E-state index in [0.717, 1.165) is 53.5 Å². The van der Waals surface area contributed by atoms with Gasteiger partial charge in [-0.3, -0.25) is 9.59 Å². The third-order valence-corrected chi connectivity index (χ3v) is 8.12. The Hall–Kier alpha value is -2.83. The number of rotatable bonds is 7. The van der Waals surface area contributed by atoms with E-state index in [1.807, 2.05) is 61.3 Å². The molecule has 2 heterocycles. The van der Waals surface area contributed by atoms with E-state index in [4.69, 9.17) is 11.6 Å². The number of nitrogens with zero attached hydrogens (tertiary/aromatic N) is 2. The fourth-order valence-electron chi connectivity index (χ4n) is 5.51. The summed E-state index contributed by atoms with van der Waals surface area (Å²) in [4.78, 5) is 35.0. The van der Waals surface area contributed by atoms with Gasteiger partial charge in [0.2, 0.25) is 11.8 Å². The summed E-state index contributed by atoms with van der Waals surface area (Å²) >= 11 is 6.35. The Kier molecular flexibility index (Phi) is 6.60. The van der Waals surface area contributed by atoms with Crippen LogP contribution in [0.3, 0.4) is 0 Å². The monoisotopic (exact) mass is 506 g/mol. The smallest absolute Gasteiger partial charge is 0.250 e. The summed E-state index contributed by atoms with van der Waals surface area (Å²) < 4.78 is 0. The van der Waals surface area contributed by atoms with Gasteiger partial charge < -0.3 is 20.1 Å². The molecule has 0 spiro atoms. The molecule has 2 unspecified atom stereocenters. The summed E-state index contributed by atoms with van der Waals surface area (Å²) in [7, 11) is 4.11. The lowest BCUT2D eigenvalue weighted by atomic mass is 9.88. The molecule has 2 amide bonds. The number of anilines is 1. The van der Waals surface area contributed by atoms with Crippen molar-refractivity contribution < 1.29 is 9.59 Å². The molecule has 7 heteroatoms. The number of aromatic amines is 1. The molecular weight excluding hydrogens is 472 g/mol. The zero-order valence-corrected chi connectivity index (χ0v) is 22.2. The second kappa shape index (κ2) is 9.56. The number of benzene rings is 2. The van der Waals surface area contributed by atoms with E-state index in [-0.39, 0.29) is 29.1 Å². The number of aromatic nitrogens is 1. The van der Waals surface area contributed by atoms with Gasteiger partial charge >= 0.3 is 0 Å². The Morgan fingerprint density at radius 2 is 1.97 bits per heavy atom. The van der Waals surface area contributed by atoms with E-state index in [1.165, 1.54) is 0 Å². The maximum Gasteiger partial charge on any atom is 0.250 e. The first-order chi connectivity index (χ1) is 17.2. The second-order valence-corrected chi connectivity index (χ2v) is 11.6. The topological polar surface area (TPSA) is 68.4 Å². The first-order valence-electron chi connectivity index (χ1n) is 12.8. The highest BCUT2D eigenvalue weighted by Gasteiger charge is 2.47. The number of para-hydroxylation sites is 1. The summed E-state index contributed by atoms with van der Waals surface area (Å²) in [6.07, 6.45) is 4.55. The van der Waals surface area contributed by atoms with Crippen LogP contribution in [0.4, 0.5) is 5.69 Å². The van der Waals surface area contributed by atoms with Crippen molar-refractivity contribution in [1.82, 2.24) is 15.2 Å². The summed E-state index contributed by atoms with van der Waals surface area (Å²) in [5, 5.41) is 4.93. The predicted molar refractivity (Wildman–Crippen MR) is 146 cm³/mol. The molecule has 2 aliphatic rings. The third kappa shape index (κ3) is 4.76. The van der Waals surface area contributed by atoms with Crippen molar-refractivity contribution >= 4 is 40.0 Å². The number of carbonyl (C=O) groups excluding carboxylic acids is 2. The number of hydrogen-bond acceptors (Lipinski definition) is 3. The minimum absolute atomic E-state index is 0.0364. The number of amides is 2. The molecule has 2 N–H and O–H groups in total.